The van der Waals surface area contributed by atoms with E-state index in [0.29, 0.717) is 44.3 Å². The number of halogens is 1. The summed E-state index contributed by atoms with van der Waals surface area (Å²) in [5.41, 5.74) is 0.228. The van der Waals surface area contributed by atoms with Gasteiger partial charge in [0, 0.05) is 37.8 Å². The maximum Gasteiger partial charge on any atom is 0.261 e. The average molecular weight is 461 g/mol. The number of amides is 2. The molecule has 2 amide bonds. The van der Waals surface area contributed by atoms with Crippen molar-refractivity contribution in [1.29, 1.82) is 0 Å². The molecule has 10 heteroatoms. The van der Waals surface area contributed by atoms with E-state index in [1.54, 1.807) is 4.90 Å². The van der Waals surface area contributed by atoms with Gasteiger partial charge in [0.2, 0.25) is 5.91 Å². The molecule has 0 unspecified atom stereocenters. The number of sulfonamides is 1. The average Bonchev–Trinajstić information content (AvgIpc) is 3.59. The predicted molar refractivity (Wildman–Crippen MR) is 117 cm³/mol. The highest BCUT2D eigenvalue weighted by Gasteiger charge is 2.27. The molecular weight excluding hydrogens is 435 g/mol. The minimum absolute atomic E-state index is 0.0214. The van der Waals surface area contributed by atoms with Gasteiger partial charge >= 0.3 is 0 Å². The molecule has 2 aliphatic rings. The van der Waals surface area contributed by atoms with Gasteiger partial charge in [0.25, 0.3) is 15.9 Å². The molecule has 2 aromatic rings. The van der Waals surface area contributed by atoms with E-state index in [-0.39, 0.29) is 22.4 Å². The van der Waals surface area contributed by atoms with Crippen molar-refractivity contribution in [2.45, 2.75) is 23.8 Å². The molecule has 0 radical (unpaired) electrons. The highest BCUT2D eigenvalue weighted by Crippen LogP contribution is 2.20. The largest absolute Gasteiger partial charge is 0.352 e. The van der Waals surface area contributed by atoms with Crippen LogP contribution in [0.4, 0.5) is 10.1 Å². The molecule has 1 aliphatic heterocycles. The molecule has 1 saturated carbocycles. The lowest BCUT2D eigenvalue weighted by atomic mass is 10.2. The monoisotopic (exact) mass is 460 g/mol. The van der Waals surface area contributed by atoms with Crippen LogP contribution in [0.3, 0.4) is 0 Å². The molecule has 170 valence electrons. The third-order valence-corrected chi connectivity index (χ3v) is 6.88. The quantitative estimate of drug-likeness (QED) is 0.655. The van der Waals surface area contributed by atoms with E-state index in [0.717, 1.165) is 12.8 Å². The van der Waals surface area contributed by atoms with Crippen molar-refractivity contribution in [3.63, 3.8) is 0 Å². The van der Waals surface area contributed by atoms with E-state index in [9.17, 15) is 22.4 Å². The van der Waals surface area contributed by atoms with Crippen molar-refractivity contribution in [2.24, 2.45) is 0 Å². The zero-order chi connectivity index (χ0) is 22.7. The Bertz CT molecular complexity index is 1100. The highest BCUT2D eigenvalue weighted by molar-refractivity contribution is 7.92. The van der Waals surface area contributed by atoms with E-state index in [1.807, 2.05) is 4.90 Å². The fourth-order valence-electron chi connectivity index (χ4n) is 3.52. The number of rotatable bonds is 7. The van der Waals surface area contributed by atoms with Crippen LogP contribution in [0.2, 0.25) is 0 Å². The number of nitrogens with one attached hydrogen (secondary N) is 2. The maximum absolute atomic E-state index is 13.8. The van der Waals surface area contributed by atoms with Crippen molar-refractivity contribution < 1.29 is 22.4 Å². The Morgan fingerprint density at radius 2 is 1.62 bits per heavy atom. The second kappa shape index (κ2) is 9.25. The van der Waals surface area contributed by atoms with Gasteiger partial charge in [-0.2, -0.15) is 0 Å². The summed E-state index contributed by atoms with van der Waals surface area (Å²) in [6, 6.07) is 11.4. The molecule has 0 spiro atoms. The van der Waals surface area contributed by atoms with Gasteiger partial charge in [-0.25, -0.2) is 12.8 Å². The summed E-state index contributed by atoms with van der Waals surface area (Å²) in [6.45, 7) is 2.51. The van der Waals surface area contributed by atoms with Gasteiger partial charge in [-0.05, 0) is 49.2 Å². The molecule has 4 rings (SSSR count). The second-order valence-electron chi connectivity index (χ2n) is 8.02. The van der Waals surface area contributed by atoms with Crippen molar-refractivity contribution >= 4 is 27.5 Å². The Balaban J connectivity index is 1.33. The van der Waals surface area contributed by atoms with Gasteiger partial charge in [-0.1, -0.05) is 12.1 Å². The maximum atomic E-state index is 13.8. The van der Waals surface area contributed by atoms with Crippen LogP contribution in [0.25, 0.3) is 0 Å². The Hall–Kier alpha value is -2.98. The molecule has 0 aromatic heterocycles. The number of carbonyl (C=O) groups is 2. The topological polar surface area (TPSA) is 98.8 Å². The van der Waals surface area contributed by atoms with Gasteiger partial charge in [-0.3, -0.25) is 19.2 Å². The van der Waals surface area contributed by atoms with Crippen LogP contribution in [0, 0.1) is 5.82 Å². The van der Waals surface area contributed by atoms with Crippen molar-refractivity contribution in [3.05, 3.63) is 59.9 Å². The van der Waals surface area contributed by atoms with Crippen LogP contribution in [-0.2, 0) is 14.8 Å². The van der Waals surface area contributed by atoms with Crippen LogP contribution in [-0.4, -0.2) is 68.8 Å². The first kappa shape index (κ1) is 22.2. The standard InChI is InChI=1S/C22H25FN4O4S/c23-19-3-1-2-4-20(19)25-32(30,31)18-9-5-16(6-10-18)22(29)27-13-11-26(12-14-27)15-21(28)24-17-7-8-17/h1-6,9-10,17,25H,7-8,11-15H2,(H,24,28). The van der Waals surface area contributed by atoms with E-state index >= 15 is 0 Å². The van der Waals surface area contributed by atoms with Crippen molar-refractivity contribution in [2.75, 3.05) is 37.4 Å². The van der Waals surface area contributed by atoms with Crippen LogP contribution in [0.15, 0.2) is 53.4 Å². The first-order valence-electron chi connectivity index (χ1n) is 10.5. The summed E-state index contributed by atoms with van der Waals surface area (Å²) in [4.78, 5) is 28.4. The summed E-state index contributed by atoms with van der Waals surface area (Å²) in [5, 5.41) is 2.96. The first-order chi connectivity index (χ1) is 15.3. The molecule has 32 heavy (non-hydrogen) atoms. The molecule has 0 atom stereocenters. The van der Waals surface area contributed by atoms with Crippen molar-refractivity contribution in [1.82, 2.24) is 15.1 Å². The van der Waals surface area contributed by atoms with Gasteiger partial charge in [0.05, 0.1) is 17.1 Å². The number of hydrogen-bond donors (Lipinski definition) is 2. The van der Waals surface area contributed by atoms with E-state index < -0.39 is 15.8 Å². The van der Waals surface area contributed by atoms with E-state index in [1.165, 1.54) is 48.5 Å². The molecule has 2 fully saturated rings. The molecule has 8 nitrogen and oxygen atoms in total. The normalized spacial score (nSPS) is 17.1. The summed E-state index contributed by atoms with van der Waals surface area (Å²) < 4.78 is 41.0. The molecule has 2 N–H and O–H groups in total. The van der Waals surface area contributed by atoms with Crippen LogP contribution in [0.5, 0.6) is 0 Å². The van der Waals surface area contributed by atoms with Crippen molar-refractivity contribution in [3.8, 4) is 0 Å². The third-order valence-electron chi connectivity index (χ3n) is 5.50. The van der Waals surface area contributed by atoms with Crippen LogP contribution in [0.1, 0.15) is 23.2 Å². The SMILES string of the molecule is O=C(CN1CCN(C(=O)c2ccc(S(=O)(=O)Nc3ccccc3F)cc2)CC1)NC1CC1. The number of hydrogen-bond acceptors (Lipinski definition) is 5. The third kappa shape index (κ3) is 5.43. The number of para-hydroxylation sites is 1. The smallest absolute Gasteiger partial charge is 0.261 e. The Labute approximate surface area is 186 Å². The Morgan fingerprint density at radius 3 is 2.25 bits per heavy atom. The lowest BCUT2D eigenvalue weighted by molar-refractivity contribution is -0.122. The lowest BCUT2D eigenvalue weighted by Gasteiger charge is -2.34. The summed E-state index contributed by atoms with van der Waals surface area (Å²) in [6.07, 6.45) is 2.10. The number of carbonyl (C=O) groups excluding carboxylic acids is 2. The molecule has 2 aromatic carbocycles. The first-order valence-corrected chi connectivity index (χ1v) is 12.0. The van der Waals surface area contributed by atoms with E-state index in [2.05, 4.69) is 10.0 Å². The fraction of sp³-hybridized carbons (Fsp3) is 0.364. The molecule has 1 aliphatic carbocycles. The minimum Gasteiger partial charge on any atom is -0.352 e. The number of nitrogens with zero attached hydrogens (tertiary/aromatic N) is 2. The van der Waals surface area contributed by atoms with Gasteiger partial charge in [-0.15, -0.1) is 0 Å². The van der Waals surface area contributed by atoms with Gasteiger partial charge in [0.15, 0.2) is 0 Å². The van der Waals surface area contributed by atoms with Gasteiger partial charge in [0.1, 0.15) is 5.82 Å². The lowest BCUT2D eigenvalue weighted by Crippen LogP contribution is -2.51. The van der Waals surface area contributed by atoms with Crippen LogP contribution >= 0.6 is 0 Å². The summed E-state index contributed by atoms with van der Waals surface area (Å²) in [5.74, 6) is -0.849. The number of anilines is 1. The van der Waals surface area contributed by atoms with E-state index in [4.69, 9.17) is 0 Å². The number of piperazine rings is 1. The van der Waals surface area contributed by atoms with Crippen LogP contribution < -0.4 is 10.0 Å². The second-order valence-corrected chi connectivity index (χ2v) is 9.70. The molecular formula is C22H25FN4O4S. The minimum atomic E-state index is -3.99. The highest BCUT2D eigenvalue weighted by atomic mass is 32.2. The predicted octanol–water partition coefficient (Wildman–Crippen LogP) is 1.66. The molecule has 1 heterocycles. The summed E-state index contributed by atoms with van der Waals surface area (Å²) in [7, 11) is -3.99. The zero-order valence-electron chi connectivity index (χ0n) is 17.5. The zero-order valence-corrected chi connectivity index (χ0v) is 18.3. The fourth-order valence-corrected chi connectivity index (χ4v) is 4.59. The summed E-state index contributed by atoms with van der Waals surface area (Å²) >= 11 is 0. The Morgan fingerprint density at radius 1 is 0.969 bits per heavy atom. The Kier molecular flexibility index (Phi) is 6.43. The molecule has 1 saturated heterocycles. The molecule has 0 bridgehead atoms. The number of benzene rings is 2. The van der Waals surface area contributed by atoms with Gasteiger partial charge < -0.3 is 10.2 Å².